The molecule has 0 saturated carbocycles. The molecule has 0 fully saturated rings. The van der Waals surface area contributed by atoms with E-state index in [4.69, 9.17) is 11.6 Å². The van der Waals surface area contributed by atoms with Gasteiger partial charge in [0.1, 0.15) is 5.75 Å². The molecule has 50 heavy (non-hydrogen) atoms. The molecule has 12 heteroatoms. The largest absolute Gasteiger partial charge is 0.508 e. The van der Waals surface area contributed by atoms with Gasteiger partial charge in [-0.1, -0.05) is 63.9 Å². The molecule has 2 heterocycles. The maximum Gasteiger partial charge on any atom is 0.118 e. The van der Waals surface area contributed by atoms with Gasteiger partial charge in [-0.05, 0) is 84.9 Å². The van der Waals surface area contributed by atoms with Gasteiger partial charge >= 0.3 is 0 Å². The number of aromatic nitrogens is 2. The first-order chi connectivity index (χ1) is 24.0. The van der Waals surface area contributed by atoms with Crippen molar-refractivity contribution < 1.29 is 13.5 Å². The summed E-state index contributed by atoms with van der Waals surface area (Å²) in [6, 6.07) is 38.2. The highest BCUT2D eigenvalue weighted by Gasteiger charge is 2.10. The normalized spacial score (nSPS) is 13.4. The molecular weight excluding hydrogens is 754 g/mol. The quantitative estimate of drug-likeness (QED) is 0.173. The highest BCUT2D eigenvalue weighted by molar-refractivity contribution is 9.10. The van der Waals surface area contributed by atoms with Crippen molar-refractivity contribution in [3.63, 3.8) is 0 Å². The van der Waals surface area contributed by atoms with E-state index in [2.05, 4.69) is 39.9 Å². The number of nitrogens with one attached hydrogen (secondary N) is 1. The standard InChI is InChI=1S/C22H18BrN3O2S.C16H13ClN2OS/c1-29(28,19-5-3-2-4-6-19)26-16-7-8-21-20(14-16)22(9-10-24-21)25-17-11-15(23)12-18(27)13-17;1-21(20,13-5-3-2-4-6-13)19-12-7-8-16-14(11-12)15(17)9-10-18-16/h2-14,27H,1H3,(H,24,25);2-11H,1H3/t29-;21-/m11/s1. The minimum atomic E-state index is -2.57. The van der Waals surface area contributed by atoms with E-state index in [1.54, 1.807) is 49.2 Å². The highest BCUT2D eigenvalue weighted by atomic mass is 79.9. The smallest absolute Gasteiger partial charge is 0.118 e. The van der Waals surface area contributed by atoms with Crippen molar-refractivity contribution in [2.45, 2.75) is 9.79 Å². The van der Waals surface area contributed by atoms with Crippen molar-refractivity contribution in [1.29, 1.82) is 0 Å². The second kappa shape index (κ2) is 15.0. The second-order valence-electron chi connectivity index (χ2n) is 11.3. The topological polar surface area (TPSA) is 117 Å². The molecule has 0 spiro atoms. The van der Waals surface area contributed by atoms with E-state index in [0.717, 1.165) is 37.7 Å². The fourth-order valence-corrected chi connectivity index (χ4v) is 8.37. The molecule has 2 atom stereocenters. The van der Waals surface area contributed by atoms with Crippen molar-refractivity contribution in [3.05, 3.63) is 149 Å². The molecular formula is C38H31BrClN5O3S2. The van der Waals surface area contributed by atoms with Crippen LogP contribution in [0, 0.1) is 0 Å². The number of benzene rings is 5. The average Bonchev–Trinajstić information content (AvgIpc) is 3.09. The summed E-state index contributed by atoms with van der Waals surface area (Å²) >= 11 is 9.55. The van der Waals surface area contributed by atoms with Gasteiger partial charge in [0, 0.05) is 67.4 Å². The number of aromatic hydroxyl groups is 1. The van der Waals surface area contributed by atoms with E-state index in [1.165, 1.54) is 0 Å². The third-order valence-corrected chi connectivity index (χ3v) is 11.7. The maximum atomic E-state index is 13.1. The first kappa shape index (κ1) is 35.0. The fraction of sp³-hybridized carbons (Fsp3) is 0.0526. The van der Waals surface area contributed by atoms with Crippen LogP contribution in [0.15, 0.2) is 163 Å². The number of nitrogens with zero attached hydrogens (tertiary/aromatic N) is 4. The van der Waals surface area contributed by atoms with Crippen molar-refractivity contribution in [2.24, 2.45) is 8.73 Å². The molecule has 0 aliphatic rings. The van der Waals surface area contributed by atoms with Crippen LogP contribution in [0.5, 0.6) is 5.75 Å². The van der Waals surface area contributed by atoms with Crippen LogP contribution in [-0.4, -0.2) is 36.0 Å². The Hall–Kier alpha value is -4.81. The lowest BCUT2D eigenvalue weighted by Gasteiger charge is -2.11. The first-order valence-corrected chi connectivity index (χ1v) is 20.2. The number of fused-ring (bicyclic) bond motifs is 2. The summed E-state index contributed by atoms with van der Waals surface area (Å²) in [7, 11) is -5.05. The molecule has 252 valence electrons. The Morgan fingerprint density at radius 1 is 0.660 bits per heavy atom. The van der Waals surface area contributed by atoms with Gasteiger partial charge in [-0.15, -0.1) is 0 Å². The predicted octanol–water partition coefficient (Wildman–Crippen LogP) is 10.9. The molecule has 7 aromatic rings. The van der Waals surface area contributed by atoms with Crippen LogP contribution in [0.4, 0.5) is 22.7 Å². The lowest BCUT2D eigenvalue weighted by Crippen LogP contribution is -1.96. The Morgan fingerprint density at radius 2 is 1.18 bits per heavy atom. The minimum Gasteiger partial charge on any atom is -0.508 e. The van der Waals surface area contributed by atoms with E-state index in [1.807, 2.05) is 103 Å². The number of hydrogen-bond acceptors (Lipinski definition) is 8. The predicted molar refractivity (Wildman–Crippen MR) is 209 cm³/mol. The number of halogens is 2. The number of pyridine rings is 2. The van der Waals surface area contributed by atoms with Crippen molar-refractivity contribution >= 4 is 91.5 Å². The summed E-state index contributed by atoms with van der Waals surface area (Å²) in [5.74, 6) is 0.157. The zero-order valence-corrected chi connectivity index (χ0v) is 30.9. The van der Waals surface area contributed by atoms with E-state index in [9.17, 15) is 13.5 Å². The van der Waals surface area contributed by atoms with Gasteiger partial charge in [-0.3, -0.25) is 9.97 Å². The summed E-state index contributed by atoms with van der Waals surface area (Å²) < 4.78 is 35.5. The number of rotatable bonds is 6. The number of phenolic OH excluding ortho intramolecular Hbond substituents is 1. The van der Waals surface area contributed by atoms with E-state index in [-0.39, 0.29) is 5.75 Å². The molecule has 0 aliphatic carbocycles. The molecule has 0 bridgehead atoms. The summed E-state index contributed by atoms with van der Waals surface area (Å²) in [6.45, 7) is 0. The Morgan fingerprint density at radius 3 is 1.74 bits per heavy atom. The second-order valence-corrected chi connectivity index (χ2v) is 17.1. The zero-order valence-electron chi connectivity index (χ0n) is 26.9. The molecule has 0 radical (unpaired) electrons. The summed E-state index contributed by atoms with van der Waals surface area (Å²) in [5, 5.41) is 15.4. The van der Waals surface area contributed by atoms with E-state index in [0.29, 0.717) is 26.2 Å². The Bertz CT molecular complexity index is 2570. The van der Waals surface area contributed by atoms with Gasteiger partial charge in [0.25, 0.3) is 0 Å². The molecule has 5 aromatic carbocycles. The van der Waals surface area contributed by atoms with Gasteiger partial charge in [0.2, 0.25) is 0 Å². The summed E-state index contributed by atoms with van der Waals surface area (Å²) in [4.78, 5) is 10.0. The lowest BCUT2D eigenvalue weighted by molar-refractivity contribution is 0.475. The molecule has 7 rings (SSSR count). The first-order valence-electron chi connectivity index (χ1n) is 15.2. The van der Waals surface area contributed by atoms with E-state index >= 15 is 0 Å². The Kier molecular flexibility index (Phi) is 10.5. The third-order valence-electron chi connectivity index (χ3n) is 7.48. The van der Waals surface area contributed by atoms with Crippen LogP contribution in [-0.2, 0) is 19.5 Å². The van der Waals surface area contributed by atoms with Crippen LogP contribution in [0.2, 0.25) is 5.02 Å². The number of hydrogen-bond donors (Lipinski definition) is 2. The number of phenols is 1. The zero-order chi connectivity index (χ0) is 35.3. The molecule has 0 amide bonds. The highest BCUT2D eigenvalue weighted by Crippen LogP contribution is 2.32. The molecule has 8 nitrogen and oxygen atoms in total. The van der Waals surface area contributed by atoms with Gasteiger partial charge in [-0.25, -0.2) is 8.42 Å². The molecule has 0 unspecified atom stereocenters. The average molecular weight is 785 g/mol. The minimum absolute atomic E-state index is 0.157. The van der Waals surface area contributed by atoms with Crippen LogP contribution < -0.4 is 5.32 Å². The fourth-order valence-electron chi connectivity index (χ4n) is 5.11. The molecule has 2 aromatic heterocycles. The van der Waals surface area contributed by atoms with Crippen LogP contribution >= 0.6 is 27.5 Å². The van der Waals surface area contributed by atoms with Crippen LogP contribution in [0.3, 0.4) is 0 Å². The molecule has 2 N–H and O–H groups in total. The van der Waals surface area contributed by atoms with Crippen molar-refractivity contribution in [2.75, 3.05) is 17.8 Å². The van der Waals surface area contributed by atoms with Gasteiger partial charge < -0.3 is 10.4 Å². The lowest BCUT2D eigenvalue weighted by atomic mass is 10.1. The van der Waals surface area contributed by atoms with Crippen LogP contribution in [0.1, 0.15) is 0 Å². The van der Waals surface area contributed by atoms with Crippen molar-refractivity contribution in [1.82, 2.24) is 9.97 Å². The third kappa shape index (κ3) is 8.48. The van der Waals surface area contributed by atoms with Gasteiger partial charge in [0.05, 0.1) is 46.9 Å². The van der Waals surface area contributed by atoms with Crippen LogP contribution in [0.25, 0.3) is 21.8 Å². The van der Waals surface area contributed by atoms with E-state index < -0.39 is 19.5 Å². The molecule has 0 aliphatic heterocycles. The number of anilines is 2. The monoisotopic (exact) mass is 783 g/mol. The van der Waals surface area contributed by atoms with Gasteiger partial charge in [0.15, 0.2) is 0 Å². The van der Waals surface area contributed by atoms with Crippen molar-refractivity contribution in [3.8, 4) is 5.75 Å². The van der Waals surface area contributed by atoms with Gasteiger partial charge in [-0.2, -0.15) is 8.73 Å². The Balaban J connectivity index is 0.000000182. The maximum absolute atomic E-state index is 13.1. The molecule has 0 saturated heterocycles. The Labute approximate surface area is 304 Å². The summed E-state index contributed by atoms with van der Waals surface area (Å²) in [5.41, 5.74) is 4.37. The SMILES string of the molecule is C[S@](=O)(=Nc1ccc2nccc(Cl)c2c1)c1ccccc1.C[S@](=O)(=Nc1ccc2nccc(Nc3cc(O)cc(Br)c3)c2c1)c1ccccc1. The summed E-state index contributed by atoms with van der Waals surface area (Å²) in [6.07, 6.45) is 6.65.